The third kappa shape index (κ3) is 2.67. The van der Waals surface area contributed by atoms with Gasteiger partial charge in [0, 0.05) is 5.02 Å². The predicted octanol–water partition coefficient (Wildman–Crippen LogP) is 4.36. The van der Waals surface area contributed by atoms with Crippen molar-refractivity contribution in [3.8, 4) is 5.75 Å². The molecule has 1 unspecified atom stereocenters. The van der Waals surface area contributed by atoms with Gasteiger partial charge < -0.3 is 9.84 Å². The molecule has 2 aromatic carbocycles. The summed E-state index contributed by atoms with van der Waals surface area (Å²) in [6, 6.07) is 9.50. The van der Waals surface area contributed by atoms with Crippen molar-refractivity contribution in [1.29, 1.82) is 0 Å². The van der Waals surface area contributed by atoms with Gasteiger partial charge in [-0.05, 0) is 66.8 Å². The number of halogens is 1. The smallest absolute Gasteiger partial charge is 0.124 e. The van der Waals surface area contributed by atoms with E-state index in [-0.39, 0.29) is 0 Å². The molecule has 0 aromatic heterocycles. The number of rotatable bonds is 3. The number of aliphatic hydroxyl groups excluding tert-OH is 1. The summed E-state index contributed by atoms with van der Waals surface area (Å²) >= 11 is 6.12. The molecule has 0 saturated carbocycles. The van der Waals surface area contributed by atoms with Crippen LogP contribution < -0.4 is 4.74 Å². The van der Waals surface area contributed by atoms with Gasteiger partial charge >= 0.3 is 0 Å². The van der Waals surface area contributed by atoms with Crippen molar-refractivity contribution in [1.82, 2.24) is 0 Å². The minimum atomic E-state index is -0.683. The van der Waals surface area contributed by atoms with Gasteiger partial charge in [0.2, 0.25) is 0 Å². The van der Waals surface area contributed by atoms with Crippen LogP contribution in [-0.2, 0) is 0 Å². The van der Waals surface area contributed by atoms with Crippen molar-refractivity contribution in [3.05, 3.63) is 63.2 Å². The van der Waals surface area contributed by atoms with Crippen molar-refractivity contribution in [2.24, 2.45) is 0 Å². The zero-order valence-corrected chi connectivity index (χ0v) is 13.0. The van der Waals surface area contributed by atoms with Gasteiger partial charge in [0.25, 0.3) is 0 Å². The van der Waals surface area contributed by atoms with Gasteiger partial charge in [0.05, 0.1) is 7.11 Å². The minimum absolute atomic E-state index is 0.670. The molecule has 0 saturated heterocycles. The first-order valence-electron chi connectivity index (χ1n) is 6.54. The van der Waals surface area contributed by atoms with Crippen LogP contribution >= 0.6 is 11.6 Å². The fourth-order valence-corrected chi connectivity index (χ4v) is 2.75. The second kappa shape index (κ2) is 5.86. The lowest BCUT2D eigenvalue weighted by Crippen LogP contribution is -2.04. The standard InChI is InChI=1S/C17H19ClO2/c1-10-8-13(9-11(2)17(10)20-4)16(19)14-6-5-7-15(18)12(14)3/h5-9,16,19H,1-4H3. The Labute approximate surface area is 125 Å². The fraction of sp³-hybridized carbons (Fsp3) is 0.294. The highest BCUT2D eigenvalue weighted by Gasteiger charge is 2.16. The monoisotopic (exact) mass is 290 g/mol. The fourth-order valence-electron chi connectivity index (χ4n) is 2.56. The van der Waals surface area contributed by atoms with Gasteiger partial charge in [0.1, 0.15) is 11.9 Å². The van der Waals surface area contributed by atoms with Gasteiger partial charge in [0.15, 0.2) is 0 Å². The number of methoxy groups -OCH3 is 1. The minimum Gasteiger partial charge on any atom is -0.496 e. The predicted molar refractivity (Wildman–Crippen MR) is 82.7 cm³/mol. The summed E-state index contributed by atoms with van der Waals surface area (Å²) < 4.78 is 5.36. The molecule has 20 heavy (non-hydrogen) atoms. The maximum atomic E-state index is 10.6. The average molecular weight is 291 g/mol. The Hall–Kier alpha value is -1.51. The molecule has 1 atom stereocenters. The van der Waals surface area contributed by atoms with Crippen molar-refractivity contribution >= 4 is 11.6 Å². The summed E-state index contributed by atoms with van der Waals surface area (Å²) in [6.07, 6.45) is -0.683. The van der Waals surface area contributed by atoms with E-state index < -0.39 is 6.10 Å². The second-order valence-corrected chi connectivity index (χ2v) is 5.45. The SMILES string of the molecule is COc1c(C)cc(C(O)c2cccc(Cl)c2C)cc1C. The topological polar surface area (TPSA) is 29.5 Å². The van der Waals surface area contributed by atoms with E-state index in [2.05, 4.69) is 0 Å². The molecular formula is C17H19ClO2. The van der Waals surface area contributed by atoms with Crippen LogP contribution in [0.15, 0.2) is 30.3 Å². The number of aliphatic hydroxyl groups is 1. The first-order valence-corrected chi connectivity index (χ1v) is 6.91. The van der Waals surface area contributed by atoms with Gasteiger partial charge in [-0.1, -0.05) is 23.7 Å². The summed E-state index contributed by atoms with van der Waals surface area (Å²) in [5.74, 6) is 0.865. The van der Waals surface area contributed by atoms with Gasteiger partial charge in [-0.2, -0.15) is 0 Å². The summed E-state index contributed by atoms with van der Waals surface area (Å²) in [5, 5.41) is 11.3. The lowest BCUT2D eigenvalue weighted by molar-refractivity contribution is 0.219. The van der Waals surface area contributed by atoms with E-state index in [4.69, 9.17) is 16.3 Å². The number of hydrogen-bond acceptors (Lipinski definition) is 2. The average Bonchev–Trinajstić information content (AvgIpc) is 2.41. The van der Waals surface area contributed by atoms with E-state index in [1.807, 2.05) is 51.1 Å². The Morgan fingerprint density at radius 1 is 1.10 bits per heavy atom. The van der Waals surface area contributed by atoms with Gasteiger partial charge in [-0.15, -0.1) is 0 Å². The van der Waals surface area contributed by atoms with E-state index in [1.165, 1.54) is 0 Å². The van der Waals surface area contributed by atoms with Crippen LogP contribution in [0.3, 0.4) is 0 Å². The Morgan fingerprint density at radius 2 is 1.70 bits per heavy atom. The molecule has 106 valence electrons. The highest BCUT2D eigenvalue weighted by molar-refractivity contribution is 6.31. The van der Waals surface area contributed by atoms with E-state index >= 15 is 0 Å². The summed E-state index contributed by atoms with van der Waals surface area (Å²) in [4.78, 5) is 0. The first kappa shape index (κ1) is 14.9. The zero-order valence-electron chi connectivity index (χ0n) is 12.2. The molecular weight excluding hydrogens is 272 g/mol. The Bertz CT molecular complexity index is 612. The summed E-state index contributed by atoms with van der Waals surface area (Å²) in [6.45, 7) is 5.88. The Kier molecular flexibility index (Phi) is 4.36. The molecule has 0 spiro atoms. The maximum Gasteiger partial charge on any atom is 0.124 e. The molecule has 2 nitrogen and oxygen atoms in total. The number of aryl methyl sites for hydroxylation is 2. The molecule has 0 amide bonds. The molecule has 2 aromatic rings. The van der Waals surface area contributed by atoms with Gasteiger partial charge in [-0.3, -0.25) is 0 Å². The molecule has 0 fully saturated rings. The van der Waals surface area contributed by atoms with E-state index in [0.717, 1.165) is 33.6 Å². The molecule has 0 aliphatic carbocycles. The van der Waals surface area contributed by atoms with Crippen LogP contribution in [0.25, 0.3) is 0 Å². The molecule has 0 aliphatic heterocycles. The van der Waals surface area contributed by atoms with Crippen LogP contribution in [0.1, 0.15) is 33.9 Å². The number of benzene rings is 2. The molecule has 0 bridgehead atoms. The van der Waals surface area contributed by atoms with Crippen molar-refractivity contribution < 1.29 is 9.84 Å². The molecule has 1 N–H and O–H groups in total. The third-order valence-corrected chi connectivity index (χ3v) is 4.02. The summed E-state index contributed by atoms with van der Waals surface area (Å²) in [5.41, 5.74) is 4.63. The molecule has 3 heteroatoms. The first-order chi connectivity index (χ1) is 9.45. The third-order valence-electron chi connectivity index (χ3n) is 3.61. The van der Waals surface area contributed by atoms with E-state index in [9.17, 15) is 5.11 Å². The van der Waals surface area contributed by atoms with Crippen molar-refractivity contribution in [3.63, 3.8) is 0 Å². The molecule has 0 radical (unpaired) electrons. The molecule has 0 heterocycles. The number of ether oxygens (including phenoxy) is 1. The molecule has 0 aliphatic rings. The van der Waals surface area contributed by atoms with Crippen LogP contribution in [0.5, 0.6) is 5.75 Å². The van der Waals surface area contributed by atoms with E-state index in [0.29, 0.717) is 5.02 Å². The van der Waals surface area contributed by atoms with Gasteiger partial charge in [-0.25, -0.2) is 0 Å². The van der Waals surface area contributed by atoms with Crippen LogP contribution in [0.2, 0.25) is 5.02 Å². The number of hydrogen-bond donors (Lipinski definition) is 1. The van der Waals surface area contributed by atoms with Crippen LogP contribution in [0.4, 0.5) is 0 Å². The lowest BCUT2D eigenvalue weighted by Gasteiger charge is -2.18. The normalized spacial score (nSPS) is 12.3. The van der Waals surface area contributed by atoms with E-state index in [1.54, 1.807) is 7.11 Å². The summed E-state index contributed by atoms with van der Waals surface area (Å²) in [7, 11) is 1.66. The van der Waals surface area contributed by atoms with Crippen LogP contribution in [-0.4, -0.2) is 12.2 Å². The molecule has 2 rings (SSSR count). The quantitative estimate of drug-likeness (QED) is 0.910. The van der Waals surface area contributed by atoms with Crippen molar-refractivity contribution in [2.75, 3.05) is 7.11 Å². The lowest BCUT2D eigenvalue weighted by atomic mass is 9.94. The Balaban J connectivity index is 2.49. The zero-order chi connectivity index (χ0) is 14.9. The van der Waals surface area contributed by atoms with Crippen molar-refractivity contribution in [2.45, 2.75) is 26.9 Å². The second-order valence-electron chi connectivity index (χ2n) is 5.04. The largest absolute Gasteiger partial charge is 0.496 e. The highest BCUT2D eigenvalue weighted by Crippen LogP contribution is 2.32. The Morgan fingerprint density at radius 3 is 2.25 bits per heavy atom. The maximum absolute atomic E-state index is 10.6. The van der Waals surface area contributed by atoms with Crippen LogP contribution in [0, 0.1) is 20.8 Å². The highest BCUT2D eigenvalue weighted by atomic mass is 35.5.